The zero-order chi connectivity index (χ0) is 17.4. The number of nitrogens with zero attached hydrogens (tertiary/aromatic N) is 1. The van der Waals surface area contributed by atoms with Crippen molar-refractivity contribution < 1.29 is 19.4 Å². The Kier molecular flexibility index (Phi) is 7.25. The van der Waals surface area contributed by atoms with E-state index in [-0.39, 0.29) is 6.61 Å². The lowest BCUT2D eigenvalue weighted by atomic mass is 9.89. The highest BCUT2D eigenvalue weighted by Crippen LogP contribution is 2.24. The van der Waals surface area contributed by atoms with E-state index in [9.17, 15) is 14.7 Å². The minimum absolute atomic E-state index is 0.219. The first kappa shape index (κ1) is 18.5. The summed E-state index contributed by atoms with van der Waals surface area (Å²) in [6.45, 7) is 4.88. The number of carbonyl (C=O) groups is 2. The number of carboxylic acid groups (broad SMARTS) is 1. The number of likely N-dealkylation sites (tertiary alicyclic amines) is 1. The second-order valence-electron chi connectivity index (χ2n) is 6.45. The van der Waals surface area contributed by atoms with Gasteiger partial charge >= 0.3 is 11.9 Å². The lowest BCUT2D eigenvalue weighted by molar-refractivity contribution is -0.158. The molecule has 1 N–H and O–H groups in total. The first-order chi connectivity index (χ1) is 11.6. The summed E-state index contributed by atoms with van der Waals surface area (Å²) in [6, 6.07) is 10.4. The van der Waals surface area contributed by atoms with E-state index in [1.54, 1.807) is 6.92 Å². The van der Waals surface area contributed by atoms with Crippen LogP contribution in [-0.2, 0) is 20.9 Å². The Morgan fingerprint density at radius 1 is 1.33 bits per heavy atom. The van der Waals surface area contributed by atoms with E-state index in [0.717, 1.165) is 38.9 Å². The summed E-state index contributed by atoms with van der Waals surface area (Å²) >= 11 is 0. The third-order valence-corrected chi connectivity index (χ3v) is 4.58. The van der Waals surface area contributed by atoms with E-state index >= 15 is 0 Å². The fraction of sp³-hybridized carbons (Fsp3) is 0.579. The largest absolute Gasteiger partial charge is 0.481 e. The number of rotatable bonds is 8. The predicted molar refractivity (Wildman–Crippen MR) is 91.4 cm³/mol. The van der Waals surface area contributed by atoms with E-state index in [1.807, 2.05) is 18.2 Å². The molecule has 1 fully saturated rings. The zero-order valence-corrected chi connectivity index (χ0v) is 14.3. The summed E-state index contributed by atoms with van der Waals surface area (Å²) in [7, 11) is 0. The van der Waals surface area contributed by atoms with Crippen LogP contribution in [-0.4, -0.2) is 41.6 Å². The van der Waals surface area contributed by atoms with Gasteiger partial charge in [0.25, 0.3) is 0 Å². The Morgan fingerprint density at radius 3 is 2.75 bits per heavy atom. The van der Waals surface area contributed by atoms with Crippen LogP contribution in [0.2, 0.25) is 0 Å². The molecule has 1 aromatic carbocycles. The average Bonchev–Trinajstić information content (AvgIpc) is 2.56. The van der Waals surface area contributed by atoms with Gasteiger partial charge in [-0.15, -0.1) is 0 Å². The highest BCUT2D eigenvalue weighted by Gasteiger charge is 2.29. The van der Waals surface area contributed by atoms with Gasteiger partial charge in [0.05, 0.1) is 6.61 Å². The van der Waals surface area contributed by atoms with Crippen molar-refractivity contribution in [2.75, 3.05) is 19.7 Å². The predicted octanol–water partition coefficient (Wildman–Crippen LogP) is 2.94. The Hall–Kier alpha value is -1.88. The van der Waals surface area contributed by atoms with Crippen LogP contribution in [0.4, 0.5) is 0 Å². The van der Waals surface area contributed by atoms with Crippen LogP contribution in [0.25, 0.3) is 0 Å². The molecule has 1 unspecified atom stereocenters. The Balaban J connectivity index is 1.83. The normalized spacial score (nSPS) is 19.6. The molecule has 0 amide bonds. The molecule has 2 rings (SSSR count). The summed E-state index contributed by atoms with van der Waals surface area (Å²) in [5.41, 5.74) is 1.30. The maximum atomic E-state index is 11.7. The Morgan fingerprint density at radius 2 is 2.08 bits per heavy atom. The van der Waals surface area contributed by atoms with Gasteiger partial charge < -0.3 is 9.84 Å². The van der Waals surface area contributed by atoms with Crippen LogP contribution in [0.5, 0.6) is 0 Å². The number of aliphatic carboxylic acids is 1. The third kappa shape index (κ3) is 5.64. The molecule has 1 aliphatic heterocycles. The molecule has 1 aromatic rings. The molecule has 24 heavy (non-hydrogen) atoms. The van der Waals surface area contributed by atoms with Crippen molar-refractivity contribution >= 4 is 11.9 Å². The number of benzene rings is 1. The summed E-state index contributed by atoms with van der Waals surface area (Å²) in [4.78, 5) is 25.5. The highest BCUT2D eigenvalue weighted by atomic mass is 16.5. The molecule has 0 aromatic heterocycles. The van der Waals surface area contributed by atoms with Gasteiger partial charge in [0, 0.05) is 13.1 Å². The number of carbonyl (C=O) groups excluding carboxylic acids is 1. The maximum absolute atomic E-state index is 11.7. The first-order valence-electron chi connectivity index (χ1n) is 8.76. The SMILES string of the molecule is CCOC(=O)[C@@H](CCC1CCCN(Cc2ccccc2)C1)C(=O)O. The molecule has 5 heteroatoms. The van der Waals surface area contributed by atoms with Crippen LogP contribution in [0.15, 0.2) is 30.3 Å². The van der Waals surface area contributed by atoms with Crippen molar-refractivity contribution in [3.63, 3.8) is 0 Å². The van der Waals surface area contributed by atoms with Crippen LogP contribution < -0.4 is 0 Å². The van der Waals surface area contributed by atoms with Gasteiger partial charge in [-0.2, -0.15) is 0 Å². The molecule has 0 spiro atoms. The second kappa shape index (κ2) is 9.42. The van der Waals surface area contributed by atoms with Gasteiger partial charge in [0.15, 0.2) is 5.92 Å². The lowest BCUT2D eigenvalue weighted by Gasteiger charge is -2.33. The van der Waals surface area contributed by atoms with E-state index in [0.29, 0.717) is 12.3 Å². The van der Waals surface area contributed by atoms with Gasteiger partial charge in [-0.1, -0.05) is 30.3 Å². The summed E-state index contributed by atoms with van der Waals surface area (Å²) in [5, 5.41) is 9.24. The van der Waals surface area contributed by atoms with Crippen molar-refractivity contribution in [3.05, 3.63) is 35.9 Å². The molecular formula is C19H27NO4. The van der Waals surface area contributed by atoms with Gasteiger partial charge in [-0.3, -0.25) is 14.5 Å². The van der Waals surface area contributed by atoms with Crippen molar-refractivity contribution in [1.29, 1.82) is 0 Å². The van der Waals surface area contributed by atoms with E-state index in [4.69, 9.17) is 4.74 Å². The molecule has 132 valence electrons. The Bertz CT molecular complexity index is 531. The molecule has 2 atom stereocenters. The fourth-order valence-electron chi connectivity index (χ4n) is 3.36. The summed E-state index contributed by atoms with van der Waals surface area (Å²) in [6.07, 6.45) is 3.33. The van der Waals surface area contributed by atoms with E-state index < -0.39 is 17.9 Å². The quantitative estimate of drug-likeness (QED) is 0.585. The lowest BCUT2D eigenvalue weighted by Crippen LogP contribution is -2.35. The summed E-state index contributed by atoms with van der Waals surface area (Å²) < 4.78 is 4.88. The first-order valence-corrected chi connectivity index (χ1v) is 8.76. The van der Waals surface area contributed by atoms with Gasteiger partial charge in [0.2, 0.25) is 0 Å². The minimum atomic E-state index is -1.08. The monoisotopic (exact) mass is 333 g/mol. The van der Waals surface area contributed by atoms with Crippen LogP contribution in [0.3, 0.4) is 0 Å². The molecule has 1 aliphatic rings. The number of esters is 1. The smallest absolute Gasteiger partial charge is 0.320 e. The van der Waals surface area contributed by atoms with Crippen molar-refractivity contribution in [2.45, 2.75) is 39.2 Å². The molecular weight excluding hydrogens is 306 g/mol. The summed E-state index contributed by atoms with van der Waals surface area (Å²) in [5.74, 6) is -2.28. The van der Waals surface area contributed by atoms with Crippen LogP contribution in [0, 0.1) is 11.8 Å². The standard InChI is InChI=1S/C19H27NO4/c1-2-24-19(23)17(18(21)22)11-10-16-9-6-12-20(14-16)13-15-7-4-3-5-8-15/h3-5,7-8,16-17H,2,6,9-14H2,1H3,(H,21,22)/t16?,17-/m0/s1. The Labute approximate surface area is 143 Å². The molecule has 0 aliphatic carbocycles. The van der Waals surface area contributed by atoms with Crippen molar-refractivity contribution in [3.8, 4) is 0 Å². The van der Waals surface area contributed by atoms with Crippen LogP contribution in [0.1, 0.15) is 38.2 Å². The molecule has 0 radical (unpaired) electrons. The second-order valence-corrected chi connectivity index (χ2v) is 6.45. The van der Waals surface area contributed by atoms with Gasteiger partial charge in [0.1, 0.15) is 0 Å². The van der Waals surface area contributed by atoms with Crippen LogP contribution >= 0.6 is 0 Å². The third-order valence-electron chi connectivity index (χ3n) is 4.58. The fourth-order valence-corrected chi connectivity index (χ4v) is 3.36. The van der Waals surface area contributed by atoms with Crippen molar-refractivity contribution in [1.82, 2.24) is 4.90 Å². The van der Waals surface area contributed by atoms with Gasteiger partial charge in [-0.25, -0.2) is 0 Å². The molecule has 5 nitrogen and oxygen atoms in total. The number of ether oxygens (including phenoxy) is 1. The number of carboxylic acids is 1. The topological polar surface area (TPSA) is 66.8 Å². The van der Waals surface area contributed by atoms with E-state index in [2.05, 4.69) is 17.0 Å². The average molecular weight is 333 g/mol. The highest BCUT2D eigenvalue weighted by molar-refractivity contribution is 5.93. The zero-order valence-electron chi connectivity index (χ0n) is 14.3. The number of hydrogen-bond acceptors (Lipinski definition) is 4. The molecule has 1 saturated heterocycles. The molecule has 1 heterocycles. The van der Waals surface area contributed by atoms with Gasteiger partial charge in [-0.05, 0) is 50.6 Å². The van der Waals surface area contributed by atoms with E-state index in [1.165, 1.54) is 5.56 Å². The number of hydrogen-bond donors (Lipinski definition) is 1. The number of piperidine rings is 1. The van der Waals surface area contributed by atoms with Crippen molar-refractivity contribution in [2.24, 2.45) is 11.8 Å². The molecule has 0 bridgehead atoms. The molecule has 0 saturated carbocycles. The maximum Gasteiger partial charge on any atom is 0.320 e. The minimum Gasteiger partial charge on any atom is -0.481 e.